The van der Waals surface area contributed by atoms with E-state index in [-0.39, 0.29) is 6.10 Å². The first-order valence-electron chi connectivity index (χ1n) is 7.83. The molecule has 21 heavy (non-hydrogen) atoms. The Hall–Kier alpha value is -1.80. The zero-order valence-electron chi connectivity index (χ0n) is 12.8. The third-order valence-corrected chi connectivity index (χ3v) is 4.37. The quantitative estimate of drug-likeness (QED) is 0.902. The molecule has 0 radical (unpaired) electrons. The molecular formula is C19H23NO. The highest BCUT2D eigenvalue weighted by Crippen LogP contribution is 2.38. The molecule has 2 heteroatoms. The van der Waals surface area contributed by atoms with E-state index in [0.29, 0.717) is 12.0 Å². The monoisotopic (exact) mass is 281 g/mol. The van der Waals surface area contributed by atoms with Gasteiger partial charge in [-0.15, -0.1) is 0 Å². The summed E-state index contributed by atoms with van der Waals surface area (Å²) >= 11 is 0. The Balaban J connectivity index is 1.86. The summed E-state index contributed by atoms with van der Waals surface area (Å²) in [4.78, 5) is 0. The molecule has 0 bridgehead atoms. The zero-order chi connectivity index (χ0) is 14.7. The van der Waals surface area contributed by atoms with E-state index in [0.717, 1.165) is 18.7 Å². The topological polar surface area (TPSA) is 21.3 Å². The Morgan fingerprint density at radius 2 is 1.81 bits per heavy atom. The molecule has 1 aliphatic rings. The molecule has 0 saturated heterocycles. The number of rotatable bonds is 4. The van der Waals surface area contributed by atoms with Gasteiger partial charge < -0.3 is 10.1 Å². The summed E-state index contributed by atoms with van der Waals surface area (Å²) in [6, 6.07) is 19.4. The van der Waals surface area contributed by atoms with E-state index in [2.05, 4.69) is 73.8 Å². The maximum absolute atomic E-state index is 6.28. The Bertz CT molecular complexity index is 581. The molecule has 110 valence electrons. The van der Waals surface area contributed by atoms with E-state index in [1.165, 1.54) is 11.1 Å². The van der Waals surface area contributed by atoms with E-state index < -0.39 is 0 Å². The van der Waals surface area contributed by atoms with E-state index in [4.69, 9.17) is 4.74 Å². The largest absolute Gasteiger partial charge is 0.489 e. The van der Waals surface area contributed by atoms with Crippen LogP contribution in [0.1, 0.15) is 43.4 Å². The SMILES string of the molecule is CCNC1CC(C(C)c2ccccc2)Oc2ccccc21. The van der Waals surface area contributed by atoms with Gasteiger partial charge in [-0.2, -0.15) is 0 Å². The highest BCUT2D eigenvalue weighted by atomic mass is 16.5. The van der Waals surface area contributed by atoms with Crippen LogP contribution in [-0.4, -0.2) is 12.6 Å². The second-order valence-corrected chi connectivity index (χ2v) is 5.74. The van der Waals surface area contributed by atoms with Crippen LogP contribution in [-0.2, 0) is 0 Å². The molecule has 2 nitrogen and oxygen atoms in total. The Labute approximate surface area is 127 Å². The fourth-order valence-corrected chi connectivity index (χ4v) is 3.16. The van der Waals surface area contributed by atoms with Gasteiger partial charge in [0.25, 0.3) is 0 Å². The van der Waals surface area contributed by atoms with Gasteiger partial charge in [-0.25, -0.2) is 0 Å². The molecule has 3 rings (SSSR count). The lowest BCUT2D eigenvalue weighted by atomic mass is 9.87. The second-order valence-electron chi connectivity index (χ2n) is 5.74. The lowest BCUT2D eigenvalue weighted by Gasteiger charge is -2.35. The number of hydrogen-bond acceptors (Lipinski definition) is 2. The summed E-state index contributed by atoms with van der Waals surface area (Å²) in [6.07, 6.45) is 1.23. The van der Waals surface area contributed by atoms with Crippen LogP contribution in [0, 0.1) is 0 Å². The molecule has 1 heterocycles. The van der Waals surface area contributed by atoms with Crippen LogP contribution in [0.25, 0.3) is 0 Å². The van der Waals surface area contributed by atoms with Gasteiger partial charge in [0.1, 0.15) is 11.9 Å². The highest BCUT2D eigenvalue weighted by molar-refractivity contribution is 5.38. The minimum absolute atomic E-state index is 0.214. The summed E-state index contributed by atoms with van der Waals surface area (Å²) in [5.74, 6) is 1.42. The Kier molecular flexibility index (Phi) is 4.26. The molecular weight excluding hydrogens is 258 g/mol. The Morgan fingerprint density at radius 1 is 1.10 bits per heavy atom. The maximum Gasteiger partial charge on any atom is 0.124 e. The van der Waals surface area contributed by atoms with Crippen molar-refractivity contribution in [2.45, 2.75) is 38.3 Å². The molecule has 2 aromatic carbocycles. The summed E-state index contributed by atoms with van der Waals surface area (Å²) in [5, 5.41) is 3.60. The predicted molar refractivity (Wildman–Crippen MR) is 86.7 cm³/mol. The van der Waals surface area contributed by atoms with E-state index >= 15 is 0 Å². The number of nitrogens with one attached hydrogen (secondary N) is 1. The molecule has 0 saturated carbocycles. The van der Waals surface area contributed by atoms with Crippen LogP contribution in [0.2, 0.25) is 0 Å². The smallest absolute Gasteiger partial charge is 0.124 e. The molecule has 3 atom stereocenters. The third kappa shape index (κ3) is 2.96. The molecule has 0 amide bonds. The fourth-order valence-electron chi connectivity index (χ4n) is 3.16. The number of hydrogen-bond donors (Lipinski definition) is 1. The first-order valence-corrected chi connectivity index (χ1v) is 7.83. The van der Waals surface area contributed by atoms with E-state index in [1.807, 2.05) is 0 Å². The molecule has 1 aliphatic heterocycles. The number of para-hydroxylation sites is 1. The van der Waals surface area contributed by atoms with Gasteiger partial charge in [0, 0.05) is 23.9 Å². The van der Waals surface area contributed by atoms with Gasteiger partial charge in [0.05, 0.1) is 0 Å². The van der Waals surface area contributed by atoms with Gasteiger partial charge in [-0.3, -0.25) is 0 Å². The van der Waals surface area contributed by atoms with Gasteiger partial charge in [-0.1, -0.05) is 62.4 Å². The second kappa shape index (κ2) is 6.31. The number of ether oxygens (including phenoxy) is 1. The van der Waals surface area contributed by atoms with Crippen LogP contribution in [0.5, 0.6) is 5.75 Å². The molecule has 3 unspecified atom stereocenters. The minimum atomic E-state index is 0.214. The van der Waals surface area contributed by atoms with Crippen LogP contribution < -0.4 is 10.1 Å². The van der Waals surface area contributed by atoms with Gasteiger partial charge >= 0.3 is 0 Å². The van der Waals surface area contributed by atoms with Crippen molar-refractivity contribution in [3.05, 3.63) is 65.7 Å². The van der Waals surface area contributed by atoms with Gasteiger partial charge in [-0.05, 0) is 18.2 Å². The first-order chi connectivity index (χ1) is 10.3. The molecule has 0 aromatic heterocycles. The van der Waals surface area contributed by atoms with Crippen molar-refractivity contribution < 1.29 is 4.74 Å². The van der Waals surface area contributed by atoms with E-state index in [1.54, 1.807) is 0 Å². The third-order valence-electron chi connectivity index (χ3n) is 4.37. The van der Waals surface area contributed by atoms with Crippen molar-refractivity contribution in [2.75, 3.05) is 6.54 Å². The van der Waals surface area contributed by atoms with Crippen LogP contribution in [0.3, 0.4) is 0 Å². The summed E-state index contributed by atoms with van der Waals surface area (Å²) in [7, 11) is 0. The maximum atomic E-state index is 6.28. The average molecular weight is 281 g/mol. The molecule has 0 aliphatic carbocycles. The van der Waals surface area contributed by atoms with Crippen LogP contribution in [0.4, 0.5) is 0 Å². The normalized spacial score (nSPS) is 22.2. The van der Waals surface area contributed by atoms with E-state index in [9.17, 15) is 0 Å². The molecule has 2 aromatic rings. The summed E-state index contributed by atoms with van der Waals surface area (Å²) in [6.45, 7) is 5.40. The first kappa shape index (κ1) is 14.2. The van der Waals surface area contributed by atoms with Gasteiger partial charge in [0.15, 0.2) is 0 Å². The molecule has 1 N–H and O–H groups in total. The molecule has 0 fully saturated rings. The van der Waals surface area contributed by atoms with Crippen molar-refractivity contribution in [2.24, 2.45) is 0 Å². The Morgan fingerprint density at radius 3 is 2.57 bits per heavy atom. The molecule has 0 spiro atoms. The van der Waals surface area contributed by atoms with Crippen LogP contribution >= 0.6 is 0 Å². The summed E-state index contributed by atoms with van der Waals surface area (Å²) < 4.78 is 6.28. The van der Waals surface area contributed by atoms with Crippen molar-refractivity contribution in [3.8, 4) is 5.75 Å². The van der Waals surface area contributed by atoms with Crippen LogP contribution in [0.15, 0.2) is 54.6 Å². The highest BCUT2D eigenvalue weighted by Gasteiger charge is 2.31. The fraction of sp³-hybridized carbons (Fsp3) is 0.368. The van der Waals surface area contributed by atoms with Crippen molar-refractivity contribution in [1.29, 1.82) is 0 Å². The summed E-state index contributed by atoms with van der Waals surface area (Å²) in [5.41, 5.74) is 2.63. The standard InChI is InChI=1S/C19H23NO/c1-3-20-17-13-19(14(2)15-9-5-4-6-10-15)21-18-12-8-7-11-16(17)18/h4-12,14,17,19-20H,3,13H2,1-2H3. The lowest BCUT2D eigenvalue weighted by molar-refractivity contribution is 0.128. The zero-order valence-corrected chi connectivity index (χ0v) is 12.8. The number of benzene rings is 2. The van der Waals surface area contributed by atoms with Crippen molar-refractivity contribution in [3.63, 3.8) is 0 Å². The van der Waals surface area contributed by atoms with Crippen molar-refractivity contribution >= 4 is 0 Å². The minimum Gasteiger partial charge on any atom is -0.489 e. The van der Waals surface area contributed by atoms with Crippen molar-refractivity contribution in [1.82, 2.24) is 5.32 Å². The number of fused-ring (bicyclic) bond motifs is 1. The lowest BCUT2D eigenvalue weighted by Crippen LogP contribution is -2.35. The average Bonchev–Trinajstić information content (AvgIpc) is 2.55. The van der Waals surface area contributed by atoms with Gasteiger partial charge in [0.2, 0.25) is 0 Å². The predicted octanol–water partition coefficient (Wildman–Crippen LogP) is 4.29.